The number of hydrogen-bond acceptors (Lipinski definition) is 2. The summed E-state index contributed by atoms with van der Waals surface area (Å²) >= 11 is 3.47. The van der Waals surface area contributed by atoms with Gasteiger partial charge in [0.15, 0.2) is 0 Å². The molecule has 1 aromatic carbocycles. The summed E-state index contributed by atoms with van der Waals surface area (Å²) in [6.07, 6.45) is 4.51. The van der Waals surface area contributed by atoms with Gasteiger partial charge in [-0.1, -0.05) is 22.0 Å². The van der Waals surface area contributed by atoms with E-state index in [0.29, 0.717) is 19.3 Å². The van der Waals surface area contributed by atoms with Crippen LogP contribution in [0.2, 0.25) is 0 Å². The summed E-state index contributed by atoms with van der Waals surface area (Å²) in [6, 6.07) is 6.43. The Balaban J connectivity index is 1.74. The van der Waals surface area contributed by atoms with Crippen molar-refractivity contribution in [3.63, 3.8) is 0 Å². The van der Waals surface area contributed by atoms with Gasteiger partial charge in [0.2, 0.25) is 0 Å². The first-order chi connectivity index (χ1) is 9.79. The third-order valence-corrected chi connectivity index (χ3v) is 4.84. The molecule has 1 aromatic rings. The van der Waals surface area contributed by atoms with Crippen LogP contribution in [-0.2, 0) is 18.0 Å². The minimum absolute atomic E-state index is 0.191. The van der Waals surface area contributed by atoms with E-state index in [9.17, 15) is 4.79 Å². The highest BCUT2D eigenvalue weighted by molar-refractivity contribution is 9.09. The van der Waals surface area contributed by atoms with Crippen molar-refractivity contribution in [2.24, 2.45) is 0 Å². The Labute approximate surface area is 128 Å². The van der Waals surface area contributed by atoms with Crippen LogP contribution in [0, 0.1) is 0 Å². The molecule has 0 saturated carbocycles. The lowest BCUT2D eigenvalue weighted by atomic mass is 10.0. The number of benzene rings is 1. The molecule has 2 heterocycles. The number of nitrogens with zero attached hydrogens (tertiary/aromatic N) is 1. The van der Waals surface area contributed by atoms with Crippen molar-refractivity contribution in [3.05, 3.63) is 34.9 Å². The topological polar surface area (TPSA) is 29.5 Å². The average molecular weight is 338 g/mol. The maximum absolute atomic E-state index is 12.7. The van der Waals surface area contributed by atoms with Gasteiger partial charge in [0.25, 0.3) is 5.91 Å². The number of ether oxygens (including phenoxy) is 1. The van der Waals surface area contributed by atoms with Crippen LogP contribution in [0.1, 0.15) is 47.2 Å². The number of fused-ring (bicyclic) bond motifs is 1. The van der Waals surface area contributed by atoms with Crippen LogP contribution in [0.15, 0.2) is 18.2 Å². The maximum atomic E-state index is 12.7. The number of alkyl halides is 1. The molecular weight excluding hydrogens is 318 g/mol. The quantitative estimate of drug-likeness (QED) is 0.787. The highest BCUT2D eigenvalue weighted by Gasteiger charge is 2.29. The highest BCUT2D eigenvalue weighted by Crippen LogP contribution is 2.26. The summed E-state index contributed by atoms with van der Waals surface area (Å²) < 4.78 is 5.42. The molecule has 0 spiro atoms. The molecule has 20 heavy (non-hydrogen) atoms. The number of carbonyl (C=O) groups excluding carboxylic acids is 1. The number of hydrogen-bond donors (Lipinski definition) is 0. The Kier molecular flexibility index (Phi) is 4.41. The minimum Gasteiger partial charge on any atom is -0.372 e. The van der Waals surface area contributed by atoms with Crippen LogP contribution < -0.4 is 0 Å². The van der Waals surface area contributed by atoms with E-state index < -0.39 is 0 Å². The van der Waals surface area contributed by atoms with Gasteiger partial charge in [-0.3, -0.25) is 4.79 Å². The Morgan fingerprint density at radius 2 is 2.20 bits per heavy atom. The molecule has 3 rings (SSSR count). The van der Waals surface area contributed by atoms with Gasteiger partial charge >= 0.3 is 0 Å². The first kappa shape index (κ1) is 14.1. The Morgan fingerprint density at radius 3 is 3.05 bits per heavy atom. The molecule has 3 nitrogen and oxygen atoms in total. The molecule has 0 aromatic heterocycles. The van der Waals surface area contributed by atoms with Gasteiger partial charge in [-0.05, 0) is 48.9 Å². The van der Waals surface area contributed by atoms with E-state index >= 15 is 0 Å². The third-order valence-electron chi connectivity index (χ3n) is 4.28. The number of halogens is 1. The van der Waals surface area contributed by atoms with Crippen LogP contribution in [0.25, 0.3) is 0 Å². The zero-order valence-electron chi connectivity index (χ0n) is 11.6. The molecule has 0 N–H and O–H groups in total. The highest BCUT2D eigenvalue weighted by atomic mass is 79.9. The van der Waals surface area contributed by atoms with Crippen molar-refractivity contribution in [1.82, 2.24) is 4.90 Å². The van der Waals surface area contributed by atoms with E-state index in [1.54, 1.807) is 0 Å². The molecular formula is C16H20BrNO2. The lowest BCUT2D eigenvalue weighted by molar-refractivity contribution is 0.0730. The van der Waals surface area contributed by atoms with Gasteiger partial charge < -0.3 is 9.64 Å². The van der Waals surface area contributed by atoms with E-state index in [4.69, 9.17) is 4.74 Å². The van der Waals surface area contributed by atoms with Crippen molar-refractivity contribution in [2.75, 3.05) is 11.9 Å². The summed E-state index contributed by atoms with van der Waals surface area (Å²) in [5, 5.41) is 1.02. The van der Waals surface area contributed by atoms with Crippen LogP contribution in [0.4, 0.5) is 0 Å². The smallest absolute Gasteiger partial charge is 0.254 e. The predicted molar refractivity (Wildman–Crippen MR) is 82.0 cm³/mol. The van der Waals surface area contributed by atoms with Gasteiger partial charge in [-0.2, -0.15) is 0 Å². The molecule has 1 saturated heterocycles. The second-order valence-corrected chi connectivity index (χ2v) is 6.40. The standard InChI is InChI=1S/C16H20BrNO2/c17-7-1-3-15-4-2-8-18(15)16(19)12-5-6-13-10-20-11-14(13)9-12/h5-6,9,15H,1-4,7-8,10-11H2. The molecule has 4 heteroatoms. The van der Waals surface area contributed by atoms with Gasteiger partial charge in [-0.15, -0.1) is 0 Å². The fourth-order valence-electron chi connectivity index (χ4n) is 3.19. The van der Waals surface area contributed by atoms with Gasteiger partial charge in [0, 0.05) is 23.5 Å². The Bertz CT molecular complexity index is 503. The normalized spacial score (nSPS) is 21.2. The second-order valence-electron chi connectivity index (χ2n) is 5.60. The Hall–Kier alpha value is -0.870. The zero-order valence-corrected chi connectivity index (χ0v) is 13.2. The van der Waals surface area contributed by atoms with E-state index in [-0.39, 0.29) is 5.91 Å². The Morgan fingerprint density at radius 1 is 1.35 bits per heavy atom. The molecule has 2 aliphatic heterocycles. The second kappa shape index (κ2) is 6.27. The van der Waals surface area contributed by atoms with Crippen molar-refractivity contribution in [2.45, 2.75) is 44.9 Å². The van der Waals surface area contributed by atoms with E-state index in [2.05, 4.69) is 20.8 Å². The minimum atomic E-state index is 0.191. The first-order valence-corrected chi connectivity index (χ1v) is 8.48. The summed E-state index contributed by atoms with van der Waals surface area (Å²) in [4.78, 5) is 14.8. The molecule has 1 amide bonds. The fourth-order valence-corrected chi connectivity index (χ4v) is 3.51. The van der Waals surface area contributed by atoms with Crippen molar-refractivity contribution >= 4 is 21.8 Å². The van der Waals surface area contributed by atoms with E-state index in [0.717, 1.165) is 43.1 Å². The lowest BCUT2D eigenvalue weighted by Gasteiger charge is -2.25. The summed E-state index contributed by atoms with van der Waals surface area (Å²) in [5.74, 6) is 0.191. The summed E-state index contributed by atoms with van der Waals surface area (Å²) in [6.45, 7) is 2.23. The van der Waals surface area contributed by atoms with Crippen LogP contribution >= 0.6 is 15.9 Å². The third kappa shape index (κ3) is 2.77. The van der Waals surface area contributed by atoms with Crippen molar-refractivity contribution in [3.8, 4) is 0 Å². The van der Waals surface area contributed by atoms with Crippen LogP contribution in [0.5, 0.6) is 0 Å². The zero-order chi connectivity index (χ0) is 13.9. The predicted octanol–water partition coefficient (Wildman–Crippen LogP) is 3.50. The molecule has 0 aliphatic carbocycles. The lowest BCUT2D eigenvalue weighted by Crippen LogP contribution is -2.35. The number of rotatable bonds is 4. The molecule has 2 aliphatic rings. The molecule has 1 atom stereocenters. The SMILES string of the molecule is O=C(c1ccc2c(c1)COC2)N1CCCC1CCCBr. The maximum Gasteiger partial charge on any atom is 0.254 e. The van der Waals surface area contributed by atoms with Crippen LogP contribution in [-0.4, -0.2) is 28.7 Å². The van der Waals surface area contributed by atoms with Gasteiger partial charge in [-0.25, -0.2) is 0 Å². The molecule has 1 fully saturated rings. The molecule has 1 unspecified atom stereocenters. The molecule has 108 valence electrons. The first-order valence-electron chi connectivity index (χ1n) is 7.36. The van der Waals surface area contributed by atoms with Gasteiger partial charge in [0.05, 0.1) is 13.2 Å². The average Bonchev–Trinajstić information content (AvgIpc) is 3.12. The molecule has 0 radical (unpaired) electrons. The fraction of sp³-hybridized carbons (Fsp3) is 0.562. The number of carbonyl (C=O) groups is 1. The van der Waals surface area contributed by atoms with E-state index in [1.807, 2.05) is 18.2 Å². The largest absolute Gasteiger partial charge is 0.372 e. The summed E-state index contributed by atoms with van der Waals surface area (Å²) in [5.41, 5.74) is 3.21. The van der Waals surface area contributed by atoms with Crippen molar-refractivity contribution < 1.29 is 9.53 Å². The van der Waals surface area contributed by atoms with E-state index in [1.165, 1.54) is 11.1 Å². The number of amides is 1. The van der Waals surface area contributed by atoms with Crippen molar-refractivity contribution in [1.29, 1.82) is 0 Å². The monoisotopic (exact) mass is 337 g/mol. The van der Waals surface area contributed by atoms with Gasteiger partial charge in [0.1, 0.15) is 0 Å². The summed E-state index contributed by atoms with van der Waals surface area (Å²) in [7, 11) is 0. The number of likely N-dealkylation sites (tertiary alicyclic amines) is 1. The van der Waals surface area contributed by atoms with Crippen LogP contribution in [0.3, 0.4) is 0 Å². The molecule has 0 bridgehead atoms.